The lowest BCUT2D eigenvalue weighted by molar-refractivity contribution is -0.138. The van der Waals surface area contributed by atoms with Gasteiger partial charge in [0.2, 0.25) is 0 Å². The molecule has 2 amide bonds. The van der Waals surface area contributed by atoms with E-state index < -0.39 is 40.1 Å². The maximum Gasteiger partial charge on any atom is 0.417 e. The molecule has 3 aromatic rings. The summed E-state index contributed by atoms with van der Waals surface area (Å²) in [7, 11) is 1.93. The molecule has 4 heterocycles. The van der Waals surface area contributed by atoms with E-state index in [2.05, 4.69) is 35.7 Å². The number of carbonyl (C=O) groups is 2. The van der Waals surface area contributed by atoms with Crippen molar-refractivity contribution in [2.75, 3.05) is 82.8 Å². The predicted molar refractivity (Wildman–Crippen MR) is 157 cm³/mol. The minimum Gasteiger partial charge on any atom is -0.379 e. The number of rotatable bonds is 9. The highest BCUT2D eigenvalue weighted by atomic mass is 35.5. The molecule has 17 heteroatoms. The first-order valence-corrected chi connectivity index (χ1v) is 14.7. The Morgan fingerprint density at radius 2 is 1.76 bits per heavy atom. The number of halogens is 5. The highest BCUT2D eigenvalue weighted by Gasteiger charge is 2.36. The summed E-state index contributed by atoms with van der Waals surface area (Å²) in [5, 5.41) is 12.6. The van der Waals surface area contributed by atoms with E-state index in [0.29, 0.717) is 58.4 Å². The molecule has 0 spiro atoms. The van der Waals surface area contributed by atoms with Gasteiger partial charge in [0.1, 0.15) is 10.8 Å². The average molecular weight is 654 g/mol. The van der Waals surface area contributed by atoms with Crippen LogP contribution in [0.1, 0.15) is 32.8 Å². The highest BCUT2D eigenvalue weighted by molar-refractivity contribution is 6.29. The van der Waals surface area contributed by atoms with E-state index in [1.54, 1.807) is 0 Å². The Balaban J connectivity index is 1.37. The Kier molecular flexibility index (Phi) is 10.2. The third kappa shape index (κ3) is 8.06. The number of likely N-dealkylation sites (N-methyl/N-ethyl adjacent to an activating group) is 1. The zero-order chi connectivity index (χ0) is 32.1. The summed E-state index contributed by atoms with van der Waals surface area (Å²) in [5.74, 6) is -2.36. The highest BCUT2D eigenvalue weighted by Crippen LogP contribution is 2.35. The van der Waals surface area contributed by atoms with Gasteiger partial charge in [-0.1, -0.05) is 16.8 Å². The lowest BCUT2D eigenvalue weighted by Gasteiger charge is -2.35. The average Bonchev–Trinajstić information content (AvgIpc) is 3.51. The van der Waals surface area contributed by atoms with Crippen LogP contribution in [-0.2, 0) is 10.9 Å². The number of amides is 2. The minimum absolute atomic E-state index is 0.0358. The quantitative estimate of drug-likeness (QED) is 0.204. The number of benzene rings is 1. The monoisotopic (exact) mass is 653 g/mol. The third-order valence-electron chi connectivity index (χ3n) is 7.59. The first-order chi connectivity index (χ1) is 21.5. The van der Waals surface area contributed by atoms with Crippen molar-refractivity contribution in [2.24, 2.45) is 0 Å². The largest absolute Gasteiger partial charge is 0.417 e. The fourth-order valence-corrected chi connectivity index (χ4v) is 5.23. The summed E-state index contributed by atoms with van der Waals surface area (Å²) in [5.41, 5.74) is -1.94. The van der Waals surface area contributed by atoms with Crippen molar-refractivity contribution >= 4 is 34.8 Å². The number of pyridine rings is 1. The second-order valence-electron chi connectivity index (χ2n) is 10.7. The molecule has 0 bridgehead atoms. The van der Waals surface area contributed by atoms with Crippen LogP contribution in [0.25, 0.3) is 5.69 Å². The maximum absolute atomic E-state index is 15.6. The number of hydrogen-bond acceptors (Lipinski definition) is 9. The summed E-state index contributed by atoms with van der Waals surface area (Å²) >= 11 is 5.68. The molecule has 2 saturated heterocycles. The zero-order valence-electron chi connectivity index (χ0n) is 24.4. The summed E-state index contributed by atoms with van der Waals surface area (Å²) < 4.78 is 63.2. The Hall–Kier alpha value is -3.86. The van der Waals surface area contributed by atoms with E-state index in [0.717, 1.165) is 30.5 Å². The molecular formula is C28H32ClF4N9O3. The Morgan fingerprint density at radius 1 is 1.02 bits per heavy atom. The van der Waals surface area contributed by atoms with Gasteiger partial charge in [-0.05, 0) is 32.1 Å². The van der Waals surface area contributed by atoms with Crippen LogP contribution >= 0.6 is 11.6 Å². The fourth-order valence-electron chi connectivity index (χ4n) is 5.08. The first-order valence-electron chi connectivity index (χ1n) is 14.3. The number of ether oxygens (including phenoxy) is 1. The van der Waals surface area contributed by atoms with E-state index >= 15 is 4.39 Å². The van der Waals surface area contributed by atoms with Crippen molar-refractivity contribution in [3.63, 3.8) is 0 Å². The molecule has 0 radical (unpaired) electrons. The predicted octanol–water partition coefficient (Wildman–Crippen LogP) is 2.93. The molecule has 2 N–H and O–H groups in total. The van der Waals surface area contributed by atoms with Gasteiger partial charge in [0.15, 0.2) is 11.5 Å². The molecule has 2 aromatic heterocycles. The standard InChI is InChI=1S/C28H32ClF4N9O3/c1-39-5-7-41(8-6-39)24-14-20(30)23(15-21(24)36-26(43)18-16-35-25(29)13-19(18)28(31,32)33)42-17-22(37-38-42)27(44)34-3-2-4-40-9-11-45-12-10-40/h13-17H,2-12H2,1H3,(H,34,44)(H,36,43). The molecule has 2 aliphatic heterocycles. The topological polar surface area (TPSA) is 121 Å². The Labute approximate surface area is 261 Å². The maximum atomic E-state index is 15.6. The number of carbonyl (C=O) groups excluding carboxylic acids is 2. The lowest BCUT2D eigenvalue weighted by atomic mass is 10.1. The zero-order valence-corrected chi connectivity index (χ0v) is 25.2. The number of piperazine rings is 1. The van der Waals surface area contributed by atoms with Crippen LogP contribution < -0.4 is 15.5 Å². The molecule has 0 unspecified atom stereocenters. The molecule has 0 atom stereocenters. The summed E-state index contributed by atoms with van der Waals surface area (Å²) in [6.45, 7) is 6.48. The molecule has 12 nitrogen and oxygen atoms in total. The number of anilines is 2. The van der Waals surface area contributed by atoms with Gasteiger partial charge in [0.05, 0.1) is 41.9 Å². The van der Waals surface area contributed by atoms with Crippen molar-refractivity contribution < 1.29 is 31.9 Å². The first kappa shape index (κ1) is 32.5. The van der Waals surface area contributed by atoms with Crippen LogP contribution in [0.3, 0.4) is 0 Å². The summed E-state index contributed by atoms with van der Waals surface area (Å²) in [4.78, 5) is 35.7. The molecule has 0 saturated carbocycles. The SMILES string of the molecule is CN1CCN(c2cc(F)c(-n3cc(C(=O)NCCCN4CCOCC4)nn3)cc2NC(=O)c2cnc(Cl)cc2C(F)(F)F)CC1. The third-order valence-corrected chi connectivity index (χ3v) is 7.80. The minimum atomic E-state index is -4.88. The van der Waals surface area contributed by atoms with Crippen LogP contribution in [-0.4, -0.2) is 114 Å². The molecule has 0 aliphatic carbocycles. The second kappa shape index (κ2) is 14.1. The van der Waals surface area contributed by atoms with E-state index in [1.165, 1.54) is 18.3 Å². The number of nitrogens with one attached hydrogen (secondary N) is 2. The van der Waals surface area contributed by atoms with Gasteiger partial charge in [-0.3, -0.25) is 14.5 Å². The molecule has 45 heavy (non-hydrogen) atoms. The van der Waals surface area contributed by atoms with Gasteiger partial charge in [-0.15, -0.1) is 5.10 Å². The normalized spacial score (nSPS) is 16.5. The van der Waals surface area contributed by atoms with Gasteiger partial charge in [0, 0.05) is 58.1 Å². The van der Waals surface area contributed by atoms with Crippen molar-refractivity contribution in [1.29, 1.82) is 0 Å². The number of alkyl halides is 3. The molecule has 1 aromatic carbocycles. The number of nitrogens with zero attached hydrogens (tertiary/aromatic N) is 7. The number of hydrogen-bond donors (Lipinski definition) is 2. The van der Waals surface area contributed by atoms with Crippen LogP contribution in [0.4, 0.5) is 28.9 Å². The number of morpholine rings is 1. The molecule has 2 fully saturated rings. The second-order valence-corrected chi connectivity index (χ2v) is 11.1. The lowest BCUT2D eigenvalue weighted by Crippen LogP contribution is -2.44. The molecular weight excluding hydrogens is 622 g/mol. The summed E-state index contributed by atoms with van der Waals surface area (Å²) in [6, 6.07) is 2.99. The van der Waals surface area contributed by atoms with Gasteiger partial charge >= 0.3 is 6.18 Å². The molecule has 242 valence electrons. The van der Waals surface area contributed by atoms with Crippen LogP contribution in [0.5, 0.6) is 0 Å². The Bertz CT molecular complexity index is 1520. The van der Waals surface area contributed by atoms with E-state index in [9.17, 15) is 22.8 Å². The fraction of sp³-hybridized carbons (Fsp3) is 0.464. The summed E-state index contributed by atoms with van der Waals surface area (Å²) in [6.07, 6.45) is -2.19. The van der Waals surface area contributed by atoms with Crippen molar-refractivity contribution in [3.8, 4) is 5.69 Å². The Morgan fingerprint density at radius 3 is 2.47 bits per heavy atom. The van der Waals surface area contributed by atoms with Gasteiger partial charge in [-0.2, -0.15) is 13.2 Å². The van der Waals surface area contributed by atoms with E-state index in [4.69, 9.17) is 16.3 Å². The smallest absolute Gasteiger partial charge is 0.379 e. The van der Waals surface area contributed by atoms with Crippen LogP contribution in [0.15, 0.2) is 30.6 Å². The molecule has 2 aliphatic rings. The van der Waals surface area contributed by atoms with Gasteiger partial charge < -0.3 is 25.2 Å². The van der Waals surface area contributed by atoms with E-state index in [1.807, 2.05) is 11.9 Å². The van der Waals surface area contributed by atoms with Crippen molar-refractivity contribution in [3.05, 3.63) is 58.4 Å². The van der Waals surface area contributed by atoms with Crippen molar-refractivity contribution in [1.82, 2.24) is 35.1 Å². The van der Waals surface area contributed by atoms with Gasteiger partial charge in [0.25, 0.3) is 11.8 Å². The van der Waals surface area contributed by atoms with Crippen LogP contribution in [0.2, 0.25) is 5.15 Å². The number of aromatic nitrogens is 4. The van der Waals surface area contributed by atoms with Gasteiger partial charge in [-0.25, -0.2) is 14.1 Å². The molecule has 5 rings (SSSR count). The van der Waals surface area contributed by atoms with Crippen LogP contribution in [0, 0.1) is 5.82 Å². The van der Waals surface area contributed by atoms with E-state index in [-0.39, 0.29) is 22.8 Å². The van der Waals surface area contributed by atoms with Crippen molar-refractivity contribution in [2.45, 2.75) is 12.6 Å².